The van der Waals surface area contributed by atoms with Crippen molar-refractivity contribution in [3.05, 3.63) is 59.9 Å². The minimum absolute atomic E-state index is 0.00550. The molecule has 0 N–H and O–H groups in total. The Morgan fingerprint density at radius 3 is 2.63 bits per heavy atom. The first kappa shape index (κ1) is 20.2. The number of carbonyl (C=O) groups excluding carboxylic acids is 2. The lowest BCUT2D eigenvalue weighted by molar-refractivity contribution is -0.137. The number of rotatable bonds is 4. The Bertz CT molecular complexity index is 918. The Labute approximate surface area is 175 Å². The quantitative estimate of drug-likeness (QED) is 0.775. The van der Waals surface area contributed by atoms with Crippen LogP contribution < -0.4 is 9.47 Å². The summed E-state index contributed by atoms with van der Waals surface area (Å²) in [6, 6.07) is 13.0. The molecule has 0 spiro atoms. The lowest BCUT2D eigenvalue weighted by Crippen LogP contribution is -2.48. The fraction of sp³-hybridized carbons (Fsp3) is 0.391. The number of halogens is 1. The van der Waals surface area contributed by atoms with Crippen molar-refractivity contribution in [1.82, 2.24) is 9.80 Å². The number of amides is 2. The van der Waals surface area contributed by atoms with Crippen LogP contribution in [0.3, 0.4) is 0 Å². The Morgan fingerprint density at radius 2 is 1.87 bits per heavy atom. The first-order valence-electron chi connectivity index (χ1n) is 10.2. The van der Waals surface area contributed by atoms with Crippen molar-refractivity contribution in [3.63, 3.8) is 0 Å². The van der Waals surface area contributed by atoms with Gasteiger partial charge in [-0.15, -0.1) is 0 Å². The SMILES string of the molecule is CN(CC1COc2ccccc2O1)C(=O)C1CCCN(C(=O)c2ccc(F)cc2)C1. The average molecular weight is 412 g/mol. The molecule has 2 aromatic carbocycles. The smallest absolute Gasteiger partial charge is 0.253 e. The summed E-state index contributed by atoms with van der Waals surface area (Å²) in [7, 11) is 1.76. The Morgan fingerprint density at radius 1 is 1.13 bits per heavy atom. The van der Waals surface area contributed by atoms with Gasteiger partial charge >= 0.3 is 0 Å². The van der Waals surface area contributed by atoms with Crippen LogP contribution in [0.4, 0.5) is 4.39 Å². The van der Waals surface area contributed by atoms with E-state index in [-0.39, 0.29) is 29.7 Å². The van der Waals surface area contributed by atoms with Crippen LogP contribution in [0.25, 0.3) is 0 Å². The zero-order valence-corrected chi connectivity index (χ0v) is 16.9. The Hall–Kier alpha value is -3.09. The van der Waals surface area contributed by atoms with Crippen LogP contribution in [0, 0.1) is 11.7 Å². The number of likely N-dealkylation sites (tertiary alicyclic amines) is 1. The van der Waals surface area contributed by atoms with Crippen LogP contribution in [0.15, 0.2) is 48.5 Å². The number of likely N-dealkylation sites (N-methyl/N-ethyl adjacent to an activating group) is 1. The molecule has 6 nitrogen and oxygen atoms in total. The van der Waals surface area contributed by atoms with Gasteiger partial charge in [-0.1, -0.05) is 12.1 Å². The highest BCUT2D eigenvalue weighted by atomic mass is 19.1. The summed E-state index contributed by atoms with van der Waals surface area (Å²) in [6.45, 7) is 1.76. The van der Waals surface area contributed by atoms with Crippen molar-refractivity contribution < 1.29 is 23.5 Å². The van der Waals surface area contributed by atoms with E-state index >= 15 is 0 Å². The normalized spacial score (nSPS) is 20.5. The molecule has 30 heavy (non-hydrogen) atoms. The predicted molar refractivity (Wildman–Crippen MR) is 109 cm³/mol. The third-order valence-corrected chi connectivity index (χ3v) is 5.57. The van der Waals surface area contributed by atoms with E-state index in [1.165, 1.54) is 24.3 Å². The zero-order chi connectivity index (χ0) is 21.1. The molecule has 0 saturated carbocycles. The van der Waals surface area contributed by atoms with Crippen LogP contribution in [-0.2, 0) is 4.79 Å². The maximum atomic E-state index is 13.1. The Balaban J connectivity index is 1.34. The van der Waals surface area contributed by atoms with Crippen molar-refractivity contribution in [1.29, 1.82) is 0 Å². The minimum atomic E-state index is -0.378. The van der Waals surface area contributed by atoms with Crippen molar-refractivity contribution in [2.24, 2.45) is 5.92 Å². The van der Waals surface area contributed by atoms with E-state index in [1.807, 2.05) is 24.3 Å². The summed E-state index contributed by atoms with van der Waals surface area (Å²) in [5.74, 6) is 0.583. The molecule has 4 rings (SSSR count). The molecule has 2 unspecified atom stereocenters. The van der Waals surface area contributed by atoms with E-state index in [0.717, 1.165) is 12.8 Å². The number of carbonyl (C=O) groups is 2. The number of nitrogens with zero attached hydrogens (tertiary/aromatic N) is 2. The van der Waals surface area contributed by atoms with Gasteiger partial charge in [0.05, 0.1) is 12.5 Å². The van der Waals surface area contributed by atoms with E-state index in [2.05, 4.69) is 0 Å². The van der Waals surface area contributed by atoms with Gasteiger partial charge < -0.3 is 19.3 Å². The number of fused-ring (bicyclic) bond motifs is 1. The van der Waals surface area contributed by atoms with Gasteiger partial charge in [0.15, 0.2) is 17.6 Å². The summed E-state index contributed by atoms with van der Waals surface area (Å²) in [5, 5.41) is 0. The van der Waals surface area contributed by atoms with Crippen LogP contribution in [-0.4, -0.2) is 61.0 Å². The lowest BCUT2D eigenvalue weighted by Gasteiger charge is -2.35. The predicted octanol–water partition coefficient (Wildman–Crippen LogP) is 2.98. The van der Waals surface area contributed by atoms with Crippen LogP contribution in [0.2, 0.25) is 0 Å². The van der Waals surface area contributed by atoms with Crippen LogP contribution in [0.1, 0.15) is 23.2 Å². The van der Waals surface area contributed by atoms with Crippen molar-refractivity contribution in [2.45, 2.75) is 18.9 Å². The highest BCUT2D eigenvalue weighted by molar-refractivity contribution is 5.94. The molecular formula is C23H25FN2O4. The number of piperidine rings is 1. The third kappa shape index (κ3) is 4.40. The maximum Gasteiger partial charge on any atom is 0.253 e. The van der Waals surface area contributed by atoms with E-state index in [1.54, 1.807) is 16.8 Å². The first-order valence-corrected chi connectivity index (χ1v) is 10.2. The molecule has 1 fully saturated rings. The fourth-order valence-corrected chi connectivity index (χ4v) is 4.00. The highest BCUT2D eigenvalue weighted by Crippen LogP contribution is 2.31. The van der Waals surface area contributed by atoms with Crippen molar-refractivity contribution >= 4 is 11.8 Å². The lowest BCUT2D eigenvalue weighted by atomic mass is 9.96. The molecule has 2 atom stereocenters. The topological polar surface area (TPSA) is 59.1 Å². The van der Waals surface area contributed by atoms with Gasteiger partial charge in [-0.05, 0) is 49.2 Å². The number of benzene rings is 2. The molecule has 0 bridgehead atoms. The first-order chi connectivity index (χ1) is 14.5. The second-order valence-electron chi connectivity index (χ2n) is 7.81. The average Bonchev–Trinajstić information content (AvgIpc) is 2.78. The van der Waals surface area contributed by atoms with Gasteiger partial charge in [-0.3, -0.25) is 9.59 Å². The molecular weight excluding hydrogens is 387 g/mol. The number of hydrogen-bond acceptors (Lipinski definition) is 4. The van der Waals surface area contributed by atoms with E-state index in [0.29, 0.717) is 43.3 Å². The number of ether oxygens (including phenoxy) is 2. The van der Waals surface area contributed by atoms with Gasteiger partial charge in [0.1, 0.15) is 12.4 Å². The van der Waals surface area contributed by atoms with Crippen LogP contribution in [0.5, 0.6) is 11.5 Å². The standard InChI is InChI=1S/C23H25FN2O4/c1-25(14-19-15-29-20-6-2-3-7-21(20)30-19)22(27)17-5-4-12-26(13-17)23(28)16-8-10-18(24)11-9-16/h2-3,6-11,17,19H,4-5,12-15H2,1H3. The second-order valence-corrected chi connectivity index (χ2v) is 7.81. The zero-order valence-electron chi connectivity index (χ0n) is 16.9. The summed E-state index contributed by atoms with van der Waals surface area (Å²) < 4.78 is 24.8. The highest BCUT2D eigenvalue weighted by Gasteiger charge is 2.32. The molecule has 0 aromatic heterocycles. The van der Waals surface area contributed by atoms with E-state index in [4.69, 9.17) is 9.47 Å². The second kappa shape index (κ2) is 8.73. The van der Waals surface area contributed by atoms with Gasteiger partial charge in [0.2, 0.25) is 5.91 Å². The molecule has 0 aliphatic carbocycles. The van der Waals surface area contributed by atoms with Crippen LogP contribution >= 0.6 is 0 Å². The molecule has 2 aromatic rings. The van der Waals surface area contributed by atoms with Gasteiger partial charge in [-0.2, -0.15) is 0 Å². The van der Waals surface area contributed by atoms with E-state index < -0.39 is 0 Å². The fourth-order valence-electron chi connectivity index (χ4n) is 4.00. The summed E-state index contributed by atoms with van der Waals surface area (Å²) in [6.07, 6.45) is 1.25. The summed E-state index contributed by atoms with van der Waals surface area (Å²) in [5.41, 5.74) is 0.435. The molecule has 2 heterocycles. The molecule has 7 heteroatoms. The summed E-state index contributed by atoms with van der Waals surface area (Å²) >= 11 is 0. The monoisotopic (exact) mass is 412 g/mol. The number of para-hydroxylation sites is 2. The molecule has 2 amide bonds. The maximum absolute atomic E-state index is 13.1. The molecule has 2 aliphatic rings. The van der Waals surface area contributed by atoms with Gasteiger partial charge in [0, 0.05) is 25.7 Å². The van der Waals surface area contributed by atoms with Crippen molar-refractivity contribution in [2.75, 3.05) is 33.3 Å². The van der Waals surface area contributed by atoms with Gasteiger partial charge in [-0.25, -0.2) is 4.39 Å². The molecule has 2 aliphatic heterocycles. The molecule has 0 radical (unpaired) electrons. The minimum Gasteiger partial charge on any atom is -0.486 e. The summed E-state index contributed by atoms with van der Waals surface area (Å²) in [4.78, 5) is 29.1. The van der Waals surface area contributed by atoms with E-state index in [9.17, 15) is 14.0 Å². The largest absolute Gasteiger partial charge is 0.486 e. The molecule has 1 saturated heterocycles. The third-order valence-electron chi connectivity index (χ3n) is 5.57. The Kier molecular flexibility index (Phi) is 5.88. The van der Waals surface area contributed by atoms with Gasteiger partial charge in [0.25, 0.3) is 5.91 Å². The van der Waals surface area contributed by atoms with Crippen molar-refractivity contribution in [3.8, 4) is 11.5 Å². The number of hydrogen-bond donors (Lipinski definition) is 0. The molecule has 158 valence electrons.